The summed E-state index contributed by atoms with van der Waals surface area (Å²) < 4.78 is 2.02. The number of rotatable bonds is 6. The summed E-state index contributed by atoms with van der Waals surface area (Å²) in [6.45, 7) is 2.05. The molecule has 0 unspecified atom stereocenters. The second-order valence-electron chi connectivity index (χ2n) is 5.68. The van der Waals surface area contributed by atoms with Gasteiger partial charge in [0.15, 0.2) is 0 Å². The zero-order valence-corrected chi connectivity index (χ0v) is 15.8. The maximum absolute atomic E-state index is 11.9. The second-order valence-corrected chi connectivity index (χ2v) is 7.16. The molecule has 0 saturated carbocycles. The molecule has 0 spiro atoms. The summed E-state index contributed by atoms with van der Waals surface area (Å²) in [4.78, 5) is 12.9. The third-order valence-electron chi connectivity index (χ3n) is 3.63. The predicted octanol–water partition coefficient (Wildman–Crippen LogP) is 4.68. The smallest absolute Gasteiger partial charge is 0.250 e. The van der Waals surface area contributed by atoms with E-state index < -0.39 is 0 Å². The van der Waals surface area contributed by atoms with Crippen LogP contribution in [-0.2, 0) is 4.79 Å². The van der Waals surface area contributed by atoms with Gasteiger partial charge in [0.25, 0.3) is 0 Å². The molecule has 1 aromatic heterocycles. The van der Waals surface area contributed by atoms with Crippen LogP contribution in [0.1, 0.15) is 11.3 Å². The predicted molar refractivity (Wildman–Crippen MR) is 108 cm³/mol. The van der Waals surface area contributed by atoms with Crippen LogP contribution in [0, 0.1) is 6.92 Å². The van der Waals surface area contributed by atoms with Gasteiger partial charge in [-0.2, -0.15) is 5.10 Å². The van der Waals surface area contributed by atoms with Crippen molar-refractivity contribution in [2.75, 3.05) is 5.75 Å². The highest BCUT2D eigenvalue weighted by Gasteiger charge is 2.03. The summed E-state index contributed by atoms with van der Waals surface area (Å²) in [5, 5.41) is 4.75. The van der Waals surface area contributed by atoms with Crippen molar-refractivity contribution in [3.63, 3.8) is 0 Å². The standard InChI is InChI=1S/C20H18ClN3OS/c1-15-4-2-5-17(12-15)24-11-3-6-18(24)13-22-23-20(25)14-26-19-9-7-16(21)8-10-19/h2-13H,14H2,1H3,(H,23,25)/b22-13-. The summed E-state index contributed by atoms with van der Waals surface area (Å²) in [5.74, 6) is 0.132. The molecule has 3 rings (SSSR count). The van der Waals surface area contributed by atoms with Crippen LogP contribution in [0.2, 0.25) is 5.02 Å². The summed E-state index contributed by atoms with van der Waals surface area (Å²) in [6.07, 6.45) is 3.61. The van der Waals surface area contributed by atoms with Crippen molar-refractivity contribution in [2.24, 2.45) is 5.10 Å². The third-order valence-corrected chi connectivity index (χ3v) is 4.89. The van der Waals surface area contributed by atoms with E-state index >= 15 is 0 Å². The first kappa shape index (κ1) is 18.3. The van der Waals surface area contributed by atoms with Gasteiger partial charge < -0.3 is 4.57 Å². The number of carbonyl (C=O) groups excluding carboxylic acids is 1. The number of aryl methyl sites for hydroxylation is 1. The van der Waals surface area contributed by atoms with Crippen LogP contribution in [0.4, 0.5) is 0 Å². The largest absolute Gasteiger partial charge is 0.316 e. The van der Waals surface area contributed by atoms with Gasteiger partial charge >= 0.3 is 0 Å². The van der Waals surface area contributed by atoms with E-state index in [1.165, 1.54) is 17.3 Å². The minimum absolute atomic E-state index is 0.158. The molecule has 26 heavy (non-hydrogen) atoms. The fraction of sp³-hybridized carbons (Fsp3) is 0.100. The number of amides is 1. The summed E-state index contributed by atoms with van der Waals surface area (Å²) in [6, 6.07) is 19.5. The van der Waals surface area contributed by atoms with Crippen LogP contribution in [0.15, 0.2) is 76.9 Å². The molecule has 0 fully saturated rings. The lowest BCUT2D eigenvalue weighted by Gasteiger charge is -2.07. The molecule has 0 saturated heterocycles. The Balaban J connectivity index is 1.56. The highest BCUT2D eigenvalue weighted by molar-refractivity contribution is 8.00. The van der Waals surface area contributed by atoms with E-state index in [2.05, 4.69) is 29.6 Å². The number of hydrogen-bond donors (Lipinski definition) is 1. The van der Waals surface area contributed by atoms with E-state index in [4.69, 9.17) is 11.6 Å². The lowest BCUT2D eigenvalue weighted by molar-refractivity contribution is -0.118. The number of carbonyl (C=O) groups is 1. The first-order valence-electron chi connectivity index (χ1n) is 8.06. The normalized spacial score (nSPS) is 11.0. The maximum Gasteiger partial charge on any atom is 0.250 e. The Bertz CT molecular complexity index is 919. The molecule has 0 aliphatic carbocycles. The molecule has 132 valence electrons. The van der Waals surface area contributed by atoms with E-state index in [1.54, 1.807) is 18.3 Å². The van der Waals surface area contributed by atoms with Crippen molar-refractivity contribution < 1.29 is 4.79 Å². The van der Waals surface area contributed by atoms with Crippen LogP contribution in [0.5, 0.6) is 0 Å². The van der Waals surface area contributed by atoms with Gasteiger partial charge in [0.1, 0.15) is 0 Å². The van der Waals surface area contributed by atoms with Gasteiger partial charge in [-0.05, 0) is 61.0 Å². The fourth-order valence-corrected chi connectivity index (χ4v) is 3.21. The van der Waals surface area contributed by atoms with Gasteiger partial charge in [-0.1, -0.05) is 23.7 Å². The quantitative estimate of drug-likeness (QED) is 0.381. The Morgan fingerprint density at radius 1 is 1.19 bits per heavy atom. The Labute approximate surface area is 161 Å². The molecule has 2 aromatic carbocycles. The van der Waals surface area contributed by atoms with Crippen molar-refractivity contribution >= 4 is 35.5 Å². The number of thioether (sulfide) groups is 1. The first-order valence-corrected chi connectivity index (χ1v) is 9.43. The van der Waals surface area contributed by atoms with E-state index in [-0.39, 0.29) is 11.7 Å². The molecule has 6 heteroatoms. The number of hydrazone groups is 1. The number of halogens is 1. The number of aromatic nitrogens is 1. The van der Waals surface area contributed by atoms with Crippen molar-refractivity contribution in [1.29, 1.82) is 0 Å². The van der Waals surface area contributed by atoms with Crippen molar-refractivity contribution in [2.45, 2.75) is 11.8 Å². The van der Waals surface area contributed by atoms with Crippen LogP contribution in [0.25, 0.3) is 5.69 Å². The highest BCUT2D eigenvalue weighted by Crippen LogP contribution is 2.20. The van der Waals surface area contributed by atoms with Gasteiger partial charge in [0.2, 0.25) is 5.91 Å². The Kier molecular flexibility index (Phi) is 6.15. The Hall–Kier alpha value is -2.50. The van der Waals surface area contributed by atoms with Crippen LogP contribution in [0.3, 0.4) is 0 Å². The SMILES string of the molecule is Cc1cccc(-n2cccc2/C=N\NC(=O)CSc2ccc(Cl)cc2)c1. The maximum atomic E-state index is 11.9. The van der Waals surface area contributed by atoms with Crippen molar-refractivity contribution in [1.82, 2.24) is 9.99 Å². The highest BCUT2D eigenvalue weighted by atomic mass is 35.5. The molecule has 0 aliphatic heterocycles. The zero-order valence-electron chi connectivity index (χ0n) is 14.2. The Morgan fingerprint density at radius 3 is 2.77 bits per heavy atom. The fourth-order valence-electron chi connectivity index (χ4n) is 2.39. The lowest BCUT2D eigenvalue weighted by Crippen LogP contribution is -2.19. The van der Waals surface area contributed by atoms with Crippen molar-refractivity contribution in [3.05, 3.63) is 83.1 Å². The molecule has 4 nitrogen and oxygen atoms in total. The Morgan fingerprint density at radius 2 is 2.00 bits per heavy atom. The van der Waals surface area contributed by atoms with E-state index in [0.29, 0.717) is 5.02 Å². The van der Waals surface area contributed by atoms with Crippen LogP contribution in [-0.4, -0.2) is 22.4 Å². The average molecular weight is 384 g/mol. The van der Waals surface area contributed by atoms with Gasteiger partial charge in [-0.3, -0.25) is 4.79 Å². The molecule has 0 atom stereocenters. The minimum Gasteiger partial charge on any atom is -0.316 e. The van der Waals surface area contributed by atoms with Crippen LogP contribution >= 0.6 is 23.4 Å². The summed E-state index contributed by atoms with van der Waals surface area (Å²) in [7, 11) is 0. The molecule has 3 aromatic rings. The van der Waals surface area contributed by atoms with E-state index in [0.717, 1.165) is 16.3 Å². The zero-order chi connectivity index (χ0) is 18.4. The van der Waals surface area contributed by atoms with Gasteiger partial charge in [-0.25, -0.2) is 5.43 Å². The van der Waals surface area contributed by atoms with Crippen molar-refractivity contribution in [3.8, 4) is 5.69 Å². The molecule has 1 heterocycles. The van der Waals surface area contributed by atoms with Gasteiger partial charge in [-0.15, -0.1) is 11.8 Å². The molecule has 0 radical (unpaired) electrons. The molecule has 0 aliphatic rings. The first-order chi connectivity index (χ1) is 12.6. The summed E-state index contributed by atoms with van der Waals surface area (Å²) in [5.41, 5.74) is 5.70. The van der Waals surface area contributed by atoms with Gasteiger partial charge in [0.05, 0.1) is 17.7 Å². The molecular formula is C20H18ClN3OS. The minimum atomic E-state index is -0.158. The summed E-state index contributed by atoms with van der Waals surface area (Å²) >= 11 is 7.28. The third kappa shape index (κ3) is 5.00. The van der Waals surface area contributed by atoms with E-state index in [9.17, 15) is 4.79 Å². The van der Waals surface area contributed by atoms with Gasteiger partial charge in [0, 0.05) is 21.8 Å². The molecule has 1 N–H and O–H groups in total. The average Bonchev–Trinajstić information content (AvgIpc) is 3.10. The topological polar surface area (TPSA) is 46.4 Å². The van der Waals surface area contributed by atoms with Crippen LogP contribution < -0.4 is 5.43 Å². The monoisotopic (exact) mass is 383 g/mol. The second kappa shape index (κ2) is 8.74. The molecule has 0 bridgehead atoms. The number of nitrogens with zero attached hydrogens (tertiary/aromatic N) is 2. The molecular weight excluding hydrogens is 366 g/mol. The number of hydrogen-bond acceptors (Lipinski definition) is 3. The number of benzene rings is 2. The molecule has 1 amide bonds. The lowest BCUT2D eigenvalue weighted by atomic mass is 10.2. The van der Waals surface area contributed by atoms with E-state index in [1.807, 2.05) is 47.2 Å². The number of nitrogens with one attached hydrogen (secondary N) is 1.